The molecule has 0 aromatic heterocycles. The van der Waals surface area contributed by atoms with Crippen LogP contribution in [0.1, 0.15) is 157 Å². The van der Waals surface area contributed by atoms with Gasteiger partial charge in [-0.15, -0.1) is 0 Å². The fourth-order valence-corrected chi connectivity index (χ4v) is 9.72. The summed E-state index contributed by atoms with van der Waals surface area (Å²) < 4.78 is 110. The second kappa shape index (κ2) is 32.0. The van der Waals surface area contributed by atoms with Crippen LogP contribution in [0.25, 0.3) is 0 Å². The highest BCUT2D eigenvalue weighted by Gasteiger charge is 2.58. The Morgan fingerprint density at radius 3 is 1.42 bits per heavy atom. The molecule has 2 heterocycles. The third-order valence-electron chi connectivity index (χ3n) is 11.9. The maximum atomic E-state index is 14.8. The van der Waals surface area contributed by atoms with Crippen molar-refractivity contribution in [2.45, 2.75) is 271 Å². The van der Waals surface area contributed by atoms with Crippen molar-refractivity contribution in [2.24, 2.45) is 0 Å². The van der Waals surface area contributed by atoms with E-state index in [0.29, 0.717) is 6.26 Å². The maximum absolute atomic E-state index is 14.8. The van der Waals surface area contributed by atoms with Crippen molar-refractivity contribution in [2.75, 3.05) is 26.0 Å². The van der Waals surface area contributed by atoms with Crippen molar-refractivity contribution < 1.29 is 122 Å². The predicted molar refractivity (Wildman–Crippen MR) is 308 cm³/mol. The van der Waals surface area contributed by atoms with Crippen molar-refractivity contribution in [1.82, 2.24) is 31.9 Å². The van der Waals surface area contributed by atoms with E-state index in [1.165, 1.54) is 20.8 Å². The second-order valence-corrected chi connectivity index (χ2v) is 28.0. The second-order valence-electron chi connectivity index (χ2n) is 26.4. The zero-order chi connectivity index (χ0) is 67.9. The van der Waals surface area contributed by atoms with Crippen LogP contribution in [0.5, 0.6) is 0 Å². The SMILES string of the molecule is CC(=O)OCC1O[C@H](O[C@@H]2C(OS(C)(=O)=O)C(O[C@H]3OC(CNC(=O)OC(C)(C)C)CCC3NC(=O)OC(C)(C)C)[C@@H](NC(=O)OC(C)(C)C)C[C@H]2NC(=O)[C@H](CCNC(=O)OC(C)(C)C)OC(C)=O)C(OC(C)=O)[C@@H](NC(=O)OC(C)(C)C)[C@@H]1OC(C)=O. The minimum absolute atomic E-state index is 0.0250. The molecule has 0 radical (unpaired) electrons. The summed E-state index contributed by atoms with van der Waals surface area (Å²) in [5.41, 5.74) is -5.24. The fraction of sp³-hybridized carbons (Fsp3) is 0.821. The molecule has 32 nitrogen and oxygen atoms in total. The van der Waals surface area contributed by atoms with Crippen molar-refractivity contribution in [3.63, 3.8) is 0 Å². The van der Waals surface area contributed by atoms with Crippen LogP contribution in [0, 0.1) is 0 Å². The molecule has 510 valence electrons. The van der Waals surface area contributed by atoms with E-state index in [-0.39, 0.29) is 25.9 Å². The quantitative estimate of drug-likeness (QED) is 0.0542. The van der Waals surface area contributed by atoms with Crippen LogP contribution < -0.4 is 31.9 Å². The number of hydrogen-bond acceptors (Lipinski definition) is 26. The van der Waals surface area contributed by atoms with Gasteiger partial charge in [-0.05, 0) is 123 Å². The molecule has 6 unspecified atom stereocenters. The number of esters is 4. The van der Waals surface area contributed by atoms with Crippen LogP contribution in [0.15, 0.2) is 0 Å². The Balaban J connectivity index is 2.51. The molecule has 3 rings (SSSR count). The molecular weight excluding hydrogens is 1200 g/mol. The molecule has 0 aromatic rings. The van der Waals surface area contributed by atoms with Gasteiger partial charge in [0.2, 0.25) is 0 Å². The molecule has 1 saturated carbocycles. The molecule has 3 aliphatic rings. The molecular formula is C56H94N6O26S. The van der Waals surface area contributed by atoms with Gasteiger partial charge in [-0.25, -0.2) is 24.0 Å². The molecule has 14 atom stereocenters. The van der Waals surface area contributed by atoms with E-state index in [9.17, 15) is 56.4 Å². The van der Waals surface area contributed by atoms with Gasteiger partial charge in [0.25, 0.3) is 16.0 Å². The van der Waals surface area contributed by atoms with E-state index in [1.807, 2.05) is 0 Å². The first-order chi connectivity index (χ1) is 40.6. The van der Waals surface area contributed by atoms with E-state index >= 15 is 0 Å². The smallest absolute Gasteiger partial charge is 0.408 e. The fourth-order valence-electron chi connectivity index (χ4n) is 9.10. The molecule has 6 N–H and O–H groups in total. The topological polar surface area (TPSA) is 406 Å². The molecule has 6 amide bonds. The van der Waals surface area contributed by atoms with E-state index in [2.05, 4.69) is 31.9 Å². The third kappa shape index (κ3) is 29.3. The van der Waals surface area contributed by atoms with Crippen LogP contribution in [-0.4, -0.2) is 208 Å². The number of amides is 6. The summed E-state index contributed by atoms with van der Waals surface area (Å²) in [4.78, 5) is 133. The van der Waals surface area contributed by atoms with Crippen molar-refractivity contribution in [3.8, 4) is 0 Å². The summed E-state index contributed by atoms with van der Waals surface area (Å²) in [7, 11) is -4.84. The van der Waals surface area contributed by atoms with Crippen LogP contribution in [0.3, 0.4) is 0 Å². The van der Waals surface area contributed by atoms with Crippen molar-refractivity contribution in [1.29, 1.82) is 0 Å². The van der Waals surface area contributed by atoms with E-state index in [0.717, 1.165) is 27.7 Å². The third-order valence-corrected chi connectivity index (χ3v) is 12.5. The lowest BCUT2D eigenvalue weighted by molar-refractivity contribution is -0.316. The summed E-state index contributed by atoms with van der Waals surface area (Å²) in [6.07, 6.45) is -23.3. The van der Waals surface area contributed by atoms with Crippen LogP contribution in [-0.2, 0) is 99.9 Å². The molecule has 0 spiro atoms. The summed E-state index contributed by atoms with van der Waals surface area (Å²) in [5.74, 6) is -5.01. The minimum atomic E-state index is -4.84. The molecule has 1 aliphatic carbocycles. The highest BCUT2D eigenvalue weighted by atomic mass is 32.2. The van der Waals surface area contributed by atoms with E-state index < -0.39 is 203 Å². The zero-order valence-electron chi connectivity index (χ0n) is 54.6. The Bertz CT molecular complexity index is 2590. The molecule has 2 saturated heterocycles. The van der Waals surface area contributed by atoms with Gasteiger partial charge in [-0.3, -0.25) is 28.2 Å². The lowest BCUT2D eigenvalue weighted by Gasteiger charge is -2.50. The number of rotatable bonds is 21. The molecule has 33 heteroatoms. The lowest BCUT2D eigenvalue weighted by Crippen LogP contribution is -2.71. The summed E-state index contributed by atoms with van der Waals surface area (Å²) in [5, 5.41) is 15.7. The Labute approximate surface area is 519 Å². The normalized spacial score (nSPS) is 26.2. The number of hydrogen-bond donors (Lipinski definition) is 6. The summed E-state index contributed by atoms with van der Waals surface area (Å²) in [6.45, 7) is 26.5. The van der Waals surface area contributed by atoms with Crippen molar-refractivity contribution in [3.05, 3.63) is 0 Å². The van der Waals surface area contributed by atoms with Crippen LogP contribution >= 0.6 is 0 Å². The predicted octanol–water partition coefficient (Wildman–Crippen LogP) is 3.70. The van der Waals surface area contributed by atoms with Crippen LogP contribution in [0.4, 0.5) is 24.0 Å². The molecule has 2 aliphatic heterocycles. The lowest BCUT2D eigenvalue weighted by atomic mass is 9.83. The molecule has 0 bridgehead atoms. The van der Waals surface area contributed by atoms with Gasteiger partial charge in [-0.1, -0.05) is 0 Å². The zero-order valence-corrected chi connectivity index (χ0v) is 55.4. The van der Waals surface area contributed by atoms with Gasteiger partial charge < -0.3 is 93.5 Å². The number of carbonyl (C=O) groups excluding carboxylic acids is 10. The number of carbonyl (C=O) groups is 10. The summed E-state index contributed by atoms with van der Waals surface area (Å²) >= 11 is 0. The van der Waals surface area contributed by atoms with Gasteiger partial charge in [0.05, 0.1) is 30.5 Å². The molecule has 0 aromatic carbocycles. The average molecular weight is 1300 g/mol. The average Bonchev–Trinajstić information content (AvgIpc) is 0.867. The van der Waals surface area contributed by atoms with Gasteiger partial charge in [0, 0.05) is 47.2 Å². The first kappa shape index (κ1) is 76.7. The molecule has 3 fully saturated rings. The van der Waals surface area contributed by atoms with E-state index in [1.54, 1.807) is 83.1 Å². The highest BCUT2D eigenvalue weighted by Crippen LogP contribution is 2.37. The first-order valence-corrected chi connectivity index (χ1v) is 30.7. The number of alkyl carbamates (subject to hydrolysis) is 5. The number of ether oxygens (including phenoxy) is 13. The largest absolute Gasteiger partial charge is 0.463 e. The van der Waals surface area contributed by atoms with E-state index in [4.69, 9.17) is 65.8 Å². The molecule has 89 heavy (non-hydrogen) atoms. The summed E-state index contributed by atoms with van der Waals surface area (Å²) in [6, 6.07) is -6.27. The van der Waals surface area contributed by atoms with Crippen molar-refractivity contribution >= 4 is 70.4 Å². The Hall–Kier alpha value is -6.55. The van der Waals surface area contributed by atoms with Gasteiger partial charge >= 0.3 is 54.3 Å². The van der Waals surface area contributed by atoms with Gasteiger partial charge in [0.1, 0.15) is 65.1 Å². The number of nitrogens with one attached hydrogen (secondary N) is 6. The van der Waals surface area contributed by atoms with Gasteiger partial charge in [-0.2, -0.15) is 8.42 Å². The standard InChI is InChI=1S/C56H94N6O26S/c1-28(63)75-27-37-41(77-30(3)65)38(62-51(72)87-56(17,18)19)42(78-31(4)66)46(80-37)82-39-34(59-44(67)36(76-29(2)64)23-24-57-47(68)83-52(5,6)7)25-35(61-50(71)86-55(14,15)16)40(43(39)88-89(20,73)74)81-45-33(60-49(70)85-54(11,12)13)22-21-32(79-45)26-58-48(69)84-53(8,9)10/h32-43,45-46H,21-27H2,1-20H3,(H,57,68)(H,58,69)(H,59,67)(H,60,70)(H,61,71)(H,62,72)/t32?,33?,34-,35+,36+,37?,38+,39+,40?,41-,42?,43?,45-,46-/m1/s1. The first-order valence-electron chi connectivity index (χ1n) is 28.9. The monoisotopic (exact) mass is 1300 g/mol. The highest BCUT2D eigenvalue weighted by molar-refractivity contribution is 7.86. The Morgan fingerprint density at radius 1 is 0.494 bits per heavy atom. The van der Waals surface area contributed by atoms with Gasteiger partial charge in [0.15, 0.2) is 30.9 Å². The minimum Gasteiger partial charge on any atom is -0.463 e. The maximum Gasteiger partial charge on any atom is 0.408 e. The Kier molecular flexibility index (Phi) is 27.5. The Morgan fingerprint density at radius 2 is 0.944 bits per heavy atom. The van der Waals surface area contributed by atoms with Crippen LogP contribution in [0.2, 0.25) is 0 Å².